The molecule has 0 aliphatic heterocycles. The minimum Gasteiger partial charge on any atom is -0.338 e. The van der Waals surface area contributed by atoms with E-state index in [0.29, 0.717) is 18.8 Å². The van der Waals surface area contributed by atoms with Crippen LogP contribution in [0.2, 0.25) is 0 Å². The molecule has 1 aromatic rings. The third-order valence-electron chi connectivity index (χ3n) is 2.42. The van der Waals surface area contributed by atoms with Crippen LogP contribution in [0.5, 0.6) is 0 Å². The largest absolute Gasteiger partial charge is 0.338 e. The highest BCUT2D eigenvalue weighted by Crippen LogP contribution is 2.03. The molecule has 19 heavy (non-hydrogen) atoms. The van der Waals surface area contributed by atoms with E-state index >= 15 is 0 Å². The highest BCUT2D eigenvalue weighted by Gasteiger charge is 2.03. The van der Waals surface area contributed by atoms with Crippen molar-refractivity contribution in [2.24, 2.45) is 0 Å². The lowest BCUT2D eigenvalue weighted by Crippen LogP contribution is -2.37. The first kappa shape index (κ1) is 14.9. The highest BCUT2D eigenvalue weighted by molar-refractivity contribution is 5.90. The number of aromatic nitrogens is 1. The van der Waals surface area contributed by atoms with Gasteiger partial charge in [-0.25, -0.2) is 4.79 Å². The van der Waals surface area contributed by atoms with E-state index in [4.69, 9.17) is 0 Å². The van der Waals surface area contributed by atoms with Gasteiger partial charge in [-0.05, 0) is 18.6 Å². The minimum atomic E-state index is -0.231. The molecule has 3 amide bonds. The van der Waals surface area contributed by atoms with E-state index in [0.717, 1.165) is 12.8 Å². The van der Waals surface area contributed by atoms with Gasteiger partial charge in [0.2, 0.25) is 5.91 Å². The van der Waals surface area contributed by atoms with Crippen LogP contribution in [0.25, 0.3) is 0 Å². The van der Waals surface area contributed by atoms with Crippen LogP contribution in [0.3, 0.4) is 0 Å². The van der Waals surface area contributed by atoms with Gasteiger partial charge in [0.25, 0.3) is 0 Å². The van der Waals surface area contributed by atoms with E-state index in [1.165, 1.54) is 0 Å². The van der Waals surface area contributed by atoms with Crippen LogP contribution in [-0.2, 0) is 4.79 Å². The van der Waals surface area contributed by atoms with Gasteiger partial charge >= 0.3 is 6.03 Å². The molecule has 0 aliphatic rings. The number of unbranched alkanes of at least 4 members (excludes halogenated alkanes) is 1. The average Bonchev–Trinajstić information content (AvgIpc) is 2.40. The number of carbonyl (C=O) groups is 2. The molecule has 1 aromatic heterocycles. The first-order valence-corrected chi connectivity index (χ1v) is 6.44. The summed E-state index contributed by atoms with van der Waals surface area (Å²) in [5.41, 5.74) is 0.701. The Kier molecular flexibility index (Phi) is 7.01. The quantitative estimate of drug-likeness (QED) is 0.653. The summed E-state index contributed by atoms with van der Waals surface area (Å²) in [5, 5.41) is 8.07. The summed E-state index contributed by atoms with van der Waals surface area (Å²) in [6, 6.07) is 3.19. The second-order valence-corrected chi connectivity index (χ2v) is 4.07. The zero-order valence-corrected chi connectivity index (χ0v) is 11.1. The van der Waals surface area contributed by atoms with E-state index in [2.05, 4.69) is 27.9 Å². The van der Waals surface area contributed by atoms with E-state index in [1.54, 1.807) is 24.5 Å². The normalized spacial score (nSPS) is 9.74. The van der Waals surface area contributed by atoms with Crippen molar-refractivity contribution >= 4 is 17.6 Å². The van der Waals surface area contributed by atoms with Crippen LogP contribution in [0.1, 0.15) is 26.2 Å². The van der Waals surface area contributed by atoms with Crippen molar-refractivity contribution in [2.75, 3.05) is 18.4 Å². The number of amides is 3. The maximum Gasteiger partial charge on any atom is 0.314 e. The summed E-state index contributed by atoms with van der Waals surface area (Å²) >= 11 is 0. The smallest absolute Gasteiger partial charge is 0.314 e. The molecule has 0 aromatic carbocycles. The molecule has 0 fully saturated rings. The lowest BCUT2D eigenvalue weighted by molar-refractivity contribution is -0.116. The Morgan fingerprint density at radius 2 is 1.84 bits per heavy atom. The molecular weight excluding hydrogens is 244 g/mol. The van der Waals surface area contributed by atoms with E-state index < -0.39 is 0 Å². The summed E-state index contributed by atoms with van der Waals surface area (Å²) in [6.45, 7) is 3.03. The van der Waals surface area contributed by atoms with Gasteiger partial charge < -0.3 is 16.0 Å². The van der Waals surface area contributed by atoms with Gasteiger partial charge in [0, 0.05) is 37.6 Å². The molecule has 6 nitrogen and oxygen atoms in total. The number of urea groups is 1. The summed E-state index contributed by atoms with van der Waals surface area (Å²) in [7, 11) is 0. The van der Waals surface area contributed by atoms with Crippen molar-refractivity contribution in [3.05, 3.63) is 24.5 Å². The zero-order chi connectivity index (χ0) is 13.9. The van der Waals surface area contributed by atoms with Crippen molar-refractivity contribution in [3.63, 3.8) is 0 Å². The maximum atomic E-state index is 11.6. The van der Waals surface area contributed by atoms with Crippen molar-refractivity contribution < 1.29 is 9.59 Å². The molecule has 0 spiro atoms. The van der Waals surface area contributed by atoms with Crippen LogP contribution in [-0.4, -0.2) is 30.0 Å². The Hall–Kier alpha value is -2.11. The van der Waals surface area contributed by atoms with E-state index in [-0.39, 0.29) is 18.4 Å². The third-order valence-corrected chi connectivity index (χ3v) is 2.42. The van der Waals surface area contributed by atoms with Gasteiger partial charge in [0.15, 0.2) is 0 Å². The second kappa shape index (κ2) is 8.91. The summed E-state index contributed by atoms with van der Waals surface area (Å²) < 4.78 is 0. The Labute approximate surface area is 113 Å². The summed E-state index contributed by atoms with van der Waals surface area (Å²) in [5.74, 6) is -0.139. The number of pyridine rings is 1. The number of hydrogen-bond acceptors (Lipinski definition) is 3. The Morgan fingerprint density at radius 3 is 2.53 bits per heavy atom. The van der Waals surface area contributed by atoms with Crippen molar-refractivity contribution in [1.82, 2.24) is 15.6 Å². The number of hydrogen-bond donors (Lipinski definition) is 3. The molecule has 0 radical (unpaired) electrons. The minimum absolute atomic E-state index is 0.139. The van der Waals surface area contributed by atoms with Crippen molar-refractivity contribution in [3.8, 4) is 0 Å². The number of nitrogens with zero attached hydrogens (tertiary/aromatic N) is 1. The van der Waals surface area contributed by atoms with E-state index in [9.17, 15) is 9.59 Å². The average molecular weight is 264 g/mol. The Bertz CT molecular complexity index is 395. The maximum absolute atomic E-state index is 11.6. The topological polar surface area (TPSA) is 83.1 Å². The van der Waals surface area contributed by atoms with Crippen LogP contribution >= 0.6 is 0 Å². The molecule has 0 saturated carbocycles. The van der Waals surface area contributed by atoms with Crippen LogP contribution in [0, 0.1) is 0 Å². The summed E-state index contributed by atoms with van der Waals surface area (Å²) in [4.78, 5) is 26.7. The predicted molar refractivity (Wildman–Crippen MR) is 73.8 cm³/mol. The summed E-state index contributed by atoms with van der Waals surface area (Å²) in [6.07, 6.45) is 5.44. The van der Waals surface area contributed by atoms with Gasteiger partial charge in [-0.3, -0.25) is 9.78 Å². The zero-order valence-electron chi connectivity index (χ0n) is 11.1. The molecule has 0 atom stereocenters. The monoisotopic (exact) mass is 264 g/mol. The van der Waals surface area contributed by atoms with Gasteiger partial charge in [0.05, 0.1) is 0 Å². The first-order valence-electron chi connectivity index (χ1n) is 6.44. The van der Waals surface area contributed by atoms with Crippen molar-refractivity contribution in [1.29, 1.82) is 0 Å². The van der Waals surface area contributed by atoms with Crippen LogP contribution in [0.15, 0.2) is 24.5 Å². The highest BCUT2D eigenvalue weighted by atomic mass is 16.2. The van der Waals surface area contributed by atoms with Gasteiger partial charge in [-0.1, -0.05) is 13.3 Å². The fraction of sp³-hybridized carbons (Fsp3) is 0.462. The number of nitrogens with one attached hydrogen (secondary N) is 3. The number of anilines is 1. The fourth-order valence-corrected chi connectivity index (χ4v) is 1.39. The molecule has 104 valence electrons. The molecular formula is C13H20N4O2. The fourth-order valence-electron chi connectivity index (χ4n) is 1.39. The SMILES string of the molecule is CCCCNC(=O)NCCC(=O)Nc1ccncc1. The number of carbonyl (C=O) groups excluding carboxylic acids is 2. The van der Waals surface area contributed by atoms with Gasteiger partial charge in [0.1, 0.15) is 0 Å². The van der Waals surface area contributed by atoms with Gasteiger partial charge in [-0.15, -0.1) is 0 Å². The van der Waals surface area contributed by atoms with Gasteiger partial charge in [-0.2, -0.15) is 0 Å². The molecule has 3 N–H and O–H groups in total. The molecule has 1 heterocycles. The molecule has 1 rings (SSSR count). The molecule has 0 saturated heterocycles. The molecule has 6 heteroatoms. The molecule has 0 unspecified atom stereocenters. The predicted octanol–water partition coefficient (Wildman–Crippen LogP) is 1.51. The van der Waals surface area contributed by atoms with Crippen molar-refractivity contribution in [2.45, 2.75) is 26.2 Å². The standard InChI is InChI=1S/C13H20N4O2/c1-2-3-7-15-13(19)16-10-6-12(18)17-11-4-8-14-9-5-11/h4-5,8-9H,2-3,6-7,10H2,1H3,(H,14,17,18)(H2,15,16,19). The van der Waals surface area contributed by atoms with E-state index in [1.807, 2.05) is 0 Å². The van der Waals surface area contributed by atoms with Crippen LogP contribution in [0.4, 0.5) is 10.5 Å². The lowest BCUT2D eigenvalue weighted by atomic mass is 10.3. The second-order valence-electron chi connectivity index (χ2n) is 4.07. The Morgan fingerprint density at radius 1 is 1.16 bits per heavy atom. The first-order chi connectivity index (χ1) is 9.22. The number of rotatable bonds is 7. The van der Waals surface area contributed by atoms with Crippen LogP contribution < -0.4 is 16.0 Å². The Balaban J connectivity index is 2.12. The third kappa shape index (κ3) is 7.03. The molecule has 0 aliphatic carbocycles. The molecule has 0 bridgehead atoms. The lowest BCUT2D eigenvalue weighted by Gasteiger charge is -2.07.